The molecule has 1 aromatic rings. The Balaban J connectivity index is 1.70. The first kappa shape index (κ1) is 19.6. The van der Waals surface area contributed by atoms with Crippen molar-refractivity contribution in [3.63, 3.8) is 0 Å². The van der Waals surface area contributed by atoms with Gasteiger partial charge in [-0.2, -0.15) is 0 Å². The van der Waals surface area contributed by atoms with Crippen LogP contribution in [0.2, 0.25) is 5.02 Å². The van der Waals surface area contributed by atoms with Crippen molar-refractivity contribution in [2.24, 2.45) is 5.73 Å². The van der Waals surface area contributed by atoms with Gasteiger partial charge in [-0.1, -0.05) is 11.6 Å². The molecule has 1 fully saturated rings. The Hall–Kier alpha value is -1.73. The number of ether oxygens (including phenoxy) is 1. The highest BCUT2D eigenvalue weighted by atomic mass is 35.5. The van der Waals surface area contributed by atoms with E-state index in [-0.39, 0.29) is 18.9 Å². The van der Waals surface area contributed by atoms with E-state index in [2.05, 4.69) is 0 Å². The number of halogens is 1. The van der Waals surface area contributed by atoms with Gasteiger partial charge in [0, 0.05) is 22.2 Å². The molecule has 1 heterocycles. The second-order valence-corrected chi connectivity index (χ2v) is 7.32. The predicted molar refractivity (Wildman–Crippen MR) is 96.3 cm³/mol. The molecular weight excluding hydrogens is 364 g/mol. The van der Waals surface area contributed by atoms with Crippen molar-refractivity contribution in [1.29, 1.82) is 0 Å². The third-order valence-corrected chi connectivity index (χ3v) is 5.16. The lowest BCUT2D eigenvalue weighted by molar-refractivity contribution is -0.154. The number of hydrogen-bond donors (Lipinski definition) is 1. The van der Waals surface area contributed by atoms with Crippen LogP contribution in [-0.4, -0.2) is 47.6 Å². The summed E-state index contributed by atoms with van der Waals surface area (Å²) < 4.78 is 5.03. The summed E-state index contributed by atoms with van der Waals surface area (Å²) in [4.78, 5) is 37.8. The van der Waals surface area contributed by atoms with Crippen molar-refractivity contribution in [1.82, 2.24) is 4.90 Å². The Bertz CT molecular complexity index is 624. The molecule has 25 heavy (non-hydrogen) atoms. The number of rotatable bonds is 7. The largest absolute Gasteiger partial charge is 0.456 e. The molecular formula is C17H21ClN2O4S. The van der Waals surface area contributed by atoms with Gasteiger partial charge in [0.25, 0.3) is 5.91 Å². The van der Waals surface area contributed by atoms with E-state index in [1.54, 1.807) is 12.1 Å². The van der Waals surface area contributed by atoms with Gasteiger partial charge in [0.15, 0.2) is 6.61 Å². The van der Waals surface area contributed by atoms with Crippen LogP contribution in [0.5, 0.6) is 0 Å². The fraction of sp³-hybridized carbons (Fsp3) is 0.471. The van der Waals surface area contributed by atoms with E-state index in [0.29, 0.717) is 23.7 Å². The van der Waals surface area contributed by atoms with Gasteiger partial charge in [-0.3, -0.25) is 14.4 Å². The lowest BCUT2D eigenvalue weighted by Crippen LogP contribution is -2.51. The van der Waals surface area contributed by atoms with Crippen LogP contribution < -0.4 is 5.73 Å². The van der Waals surface area contributed by atoms with Crippen molar-refractivity contribution in [3.05, 3.63) is 29.3 Å². The van der Waals surface area contributed by atoms with Gasteiger partial charge in [-0.15, -0.1) is 11.8 Å². The molecule has 1 saturated heterocycles. The first-order valence-corrected chi connectivity index (χ1v) is 9.46. The highest BCUT2D eigenvalue weighted by Crippen LogP contribution is 2.21. The third kappa shape index (κ3) is 6.25. The molecule has 8 heteroatoms. The Morgan fingerprint density at radius 1 is 1.24 bits per heavy atom. The molecule has 2 amide bonds. The minimum absolute atomic E-state index is 0.194. The molecule has 1 aromatic carbocycles. The number of amides is 2. The van der Waals surface area contributed by atoms with Crippen LogP contribution in [0, 0.1) is 0 Å². The lowest BCUT2D eigenvalue weighted by Gasteiger charge is -2.33. The van der Waals surface area contributed by atoms with E-state index in [1.165, 1.54) is 16.7 Å². The van der Waals surface area contributed by atoms with Gasteiger partial charge in [-0.05, 0) is 43.5 Å². The maximum absolute atomic E-state index is 12.2. The van der Waals surface area contributed by atoms with Crippen molar-refractivity contribution in [3.8, 4) is 0 Å². The Labute approximate surface area is 156 Å². The topological polar surface area (TPSA) is 89.7 Å². The van der Waals surface area contributed by atoms with E-state index >= 15 is 0 Å². The molecule has 1 aliphatic heterocycles. The Kier molecular flexibility index (Phi) is 7.58. The van der Waals surface area contributed by atoms with E-state index < -0.39 is 17.9 Å². The first-order chi connectivity index (χ1) is 12.0. The average molecular weight is 385 g/mol. The van der Waals surface area contributed by atoms with Gasteiger partial charge in [0.05, 0.1) is 6.42 Å². The number of carbonyl (C=O) groups is 3. The van der Waals surface area contributed by atoms with E-state index in [4.69, 9.17) is 22.1 Å². The van der Waals surface area contributed by atoms with Gasteiger partial charge in [-0.25, -0.2) is 0 Å². The number of primary amides is 1. The molecule has 136 valence electrons. The zero-order valence-electron chi connectivity index (χ0n) is 13.8. The summed E-state index contributed by atoms with van der Waals surface area (Å²) in [6.07, 6.45) is 2.44. The summed E-state index contributed by atoms with van der Waals surface area (Å²) in [7, 11) is 0. The zero-order chi connectivity index (χ0) is 18.2. The van der Waals surface area contributed by atoms with Crippen LogP contribution in [0.15, 0.2) is 29.2 Å². The normalized spacial score (nSPS) is 17.2. The Morgan fingerprint density at radius 3 is 2.64 bits per heavy atom. The average Bonchev–Trinajstić information content (AvgIpc) is 2.61. The molecule has 0 spiro atoms. The summed E-state index contributed by atoms with van der Waals surface area (Å²) in [5.41, 5.74) is 5.33. The minimum atomic E-state index is -0.597. The van der Waals surface area contributed by atoms with Crippen LogP contribution in [0.4, 0.5) is 0 Å². The number of carbonyl (C=O) groups excluding carboxylic acids is 3. The number of likely N-dealkylation sites (tertiary alicyclic amines) is 1. The second-order valence-electron chi connectivity index (χ2n) is 5.71. The van der Waals surface area contributed by atoms with E-state index in [0.717, 1.165) is 17.7 Å². The minimum Gasteiger partial charge on any atom is -0.456 e. The molecule has 6 nitrogen and oxygen atoms in total. The summed E-state index contributed by atoms with van der Waals surface area (Å²) in [6.45, 7) is 0.116. The predicted octanol–water partition coefficient (Wildman–Crippen LogP) is 2.23. The fourth-order valence-corrected chi connectivity index (χ4v) is 3.57. The molecule has 2 rings (SSSR count). The van der Waals surface area contributed by atoms with Crippen LogP contribution in [0.1, 0.15) is 25.7 Å². The SMILES string of the molecule is NC(=O)[C@@H]1CCCCN1C(=O)COC(=O)CCSc1ccc(Cl)cc1. The number of hydrogen-bond acceptors (Lipinski definition) is 5. The number of nitrogens with zero attached hydrogens (tertiary/aromatic N) is 1. The number of thioether (sulfide) groups is 1. The Morgan fingerprint density at radius 2 is 1.96 bits per heavy atom. The molecule has 0 aliphatic carbocycles. The molecule has 1 atom stereocenters. The molecule has 0 radical (unpaired) electrons. The first-order valence-electron chi connectivity index (χ1n) is 8.10. The van der Waals surface area contributed by atoms with Gasteiger partial charge >= 0.3 is 5.97 Å². The lowest BCUT2D eigenvalue weighted by atomic mass is 10.0. The molecule has 0 saturated carbocycles. The van der Waals surface area contributed by atoms with Crippen LogP contribution in [-0.2, 0) is 19.1 Å². The summed E-state index contributed by atoms with van der Waals surface area (Å²) in [6, 6.07) is 6.73. The summed E-state index contributed by atoms with van der Waals surface area (Å²) in [5, 5.41) is 0.661. The monoisotopic (exact) mass is 384 g/mol. The number of nitrogens with two attached hydrogens (primary N) is 1. The molecule has 0 bridgehead atoms. The zero-order valence-corrected chi connectivity index (χ0v) is 15.4. The number of piperidine rings is 1. The van der Waals surface area contributed by atoms with Crippen LogP contribution in [0.25, 0.3) is 0 Å². The smallest absolute Gasteiger partial charge is 0.307 e. The van der Waals surface area contributed by atoms with Gasteiger partial charge < -0.3 is 15.4 Å². The van der Waals surface area contributed by atoms with Gasteiger partial charge in [0.1, 0.15) is 6.04 Å². The van der Waals surface area contributed by atoms with Crippen molar-refractivity contribution in [2.75, 3.05) is 18.9 Å². The molecule has 0 aromatic heterocycles. The number of esters is 1. The second kappa shape index (κ2) is 9.68. The maximum atomic E-state index is 12.2. The van der Waals surface area contributed by atoms with Crippen LogP contribution in [0.3, 0.4) is 0 Å². The molecule has 0 unspecified atom stereocenters. The van der Waals surface area contributed by atoms with Crippen molar-refractivity contribution in [2.45, 2.75) is 36.6 Å². The van der Waals surface area contributed by atoms with Crippen molar-refractivity contribution >= 4 is 41.1 Å². The standard InChI is InChI=1S/C17H21ClN2O4S/c18-12-4-6-13(7-5-12)25-10-8-16(22)24-11-15(21)20-9-2-1-3-14(20)17(19)23/h4-7,14H,1-3,8-11H2,(H2,19,23)/t14-/m0/s1. The van der Waals surface area contributed by atoms with E-state index in [1.807, 2.05) is 12.1 Å². The third-order valence-electron chi connectivity index (χ3n) is 3.90. The van der Waals surface area contributed by atoms with E-state index in [9.17, 15) is 14.4 Å². The summed E-state index contributed by atoms with van der Waals surface area (Å²) in [5.74, 6) is -0.786. The molecule has 1 aliphatic rings. The quantitative estimate of drug-likeness (QED) is 0.575. The van der Waals surface area contributed by atoms with Crippen LogP contribution >= 0.6 is 23.4 Å². The number of benzene rings is 1. The van der Waals surface area contributed by atoms with Crippen molar-refractivity contribution < 1.29 is 19.1 Å². The van der Waals surface area contributed by atoms with Gasteiger partial charge in [0.2, 0.25) is 5.91 Å². The molecule has 2 N–H and O–H groups in total. The highest BCUT2D eigenvalue weighted by Gasteiger charge is 2.30. The fourth-order valence-electron chi connectivity index (χ4n) is 2.61. The highest BCUT2D eigenvalue weighted by molar-refractivity contribution is 7.99. The maximum Gasteiger partial charge on any atom is 0.307 e. The summed E-state index contributed by atoms with van der Waals surface area (Å²) >= 11 is 7.32.